The molecule has 0 radical (unpaired) electrons. The minimum absolute atomic E-state index is 0.0479. The summed E-state index contributed by atoms with van der Waals surface area (Å²) in [5.74, 6) is 0.601. The molecular weight excluding hydrogens is 448 g/mol. The Labute approximate surface area is 202 Å². The van der Waals surface area contributed by atoms with Gasteiger partial charge in [-0.15, -0.1) is 11.3 Å². The highest BCUT2D eigenvalue weighted by atomic mass is 32.1. The molecule has 3 heterocycles. The number of unbranched alkanes of at least 4 members (excludes halogenated alkanes) is 2. The van der Waals surface area contributed by atoms with Crippen LogP contribution in [0.4, 0.5) is 0 Å². The molecule has 0 saturated carbocycles. The topological polar surface area (TPSA) is 113 Å². The number of aromatic amines is 1. The molecule has 4 aromatic rings. The van der Waals surface area contributed by atoms with Crippen LogP contribution in [0.15, 0.2) is 49.1 Å². The average molecular weight is 477 g/mol. The number of thiazole rings is 1. The van der Waals surface area contributed by atoms with Gasteiger partial charge in [-0.1, -0.05) is 25.0 Å². The normalized spacial score (nSPS) is 11.9. The third-order valence-corrected chi connectivity index (χ3v) is 6.61. The van der Waals surface area contributed by atoms with Crippen LogP contribution in [-0.2, 0) is 4.79 Å². The van der Waals surface area contributed by atoms with Gasteiger partial charge in [0.25, 0.3) is 5.91 Å². The Morgan fingerprint density at radius 1 is 1.06 bits per heavy atom. The van der Waals surface area contributed by atoms with E-state index in [2.05, 4.69) is 42.7 Å². The van der Waals surface area contributed by atoms with E-state index < -0.39 is 0 Å². The molecule has 1 atom stereocenters. The fourth-order valence-electron chi connectivity index (χ4n) is 3.82. The van der Waals surface area contributed by atoms with Crippen LogP contribution in [0.5, 0.6) is 0 Å². The zero-order valence-corrected chi connectivity index (χ0v) is 20.1. The molecule has 3 aromatic heterocycles. The number of aryl methyl sites for hydroxylation is 1. The van der Waals surface area contributed by atoms with Gasteiger partial charge in [-0.05, 0) is 37.3 Å². The number of carbonyl (C=O) groups excluding carboxylic acids is 2. The first-order valence-electron chi connectivity index (χ1n) is 11.4. The van der Waals surface area contributed by atoms with E-state index in [-0.39, 0.29) is 17.9 Å². The second kappa shape index (κ2) is 11.0. The summed E-state index contributed by atoms with van der Waals surface area (Å²) < 4.78 is 0. The van der Waals surface area contributed by atoms with Crippen LogP contribution >= 0.6 is 11.3 Å². The summed E-state index contributed by atoms with van der Waals surface area (Å²) in [7, 11) is 1.65. The van der Waals surface area contributed by atoms with Gasteiger partial charge in [-0.3, -0.25) is 14.6 Å². The van der Waals surface area contributed by atoms with Gasteiger partial charge in [-0.25, -0.2) is 9.97 Å². The Kier molecular flexibility index (Phi) is 7.64. The molecule has 0 spiro atoms. The first-order chi connectivity index (χ1) is 16.5. The summed E-state index contributed by atoms with van der Waals surface area (Å²) in [5, 5.41) is 8.79. The molecular formula is C25H28N6O2S. The van der Waals surface area contributed by atoms with Crippen molar-refractivity contribution in [3.63, 3.8) is 0 Å². The number of carbonyl (C=O) groups is 2. The van der Waals surface area contributed by atoms with Gasteiger partial charge < -0.3 is 15.6 Å². The number of nitrogens with zero attached hydrogens (tertiary/aromatic N) is 3. The highest BCUT2D eigenvalue weighted by Gasteiger charge is 2.20. The van der Waals surface area contributed by atoms with Crippen molar-refractivity contribution in [3.05, 3.63) is 64.8 Å². The van der Waals surface area contributed by atoms with Crippen LogP contribution in [0.1, 0.15) is 58.6 Å². The van der Waals surface area contributed by atoms with Crippen molar-refractivity contribution < 1.29 is 9.59 Å². The van der Waals surface area contributed by atoms with E-state index in [1.807, 2.05) is 25.3 Å². The summed E-state index contributed by atoms with van der Waals surface area (Å²) in [5.41, 5.74) is 1.89. The Balaban J connectivity index is 1.49. The van der Waals surface area contributed by atoms with E-state index in [4.69, 9.17) is 0 Å². The summed E-state index contributed by atoms with van der Waals surface area (Å²) in [6, 6.07) is 7.89. The molecule has 34 heavy (non-hydrogen) atoms. The molecule has 8 nitrogen and oxygen atoms in total. The van der Waals surface area contributed by atoms with Crippen LogP contribution in [0.2, 0.25) is 0 Å². The molecule has 0 saturated heterocycles. The van der Waals surface area contributed by atoms with Gasteiger partial charge in [-0.2, -0.15) is 0 Å². The van der Waals surface area contributed by atoms with Gasteiger partial charge in [0.05, 0.1) is 29.1 Å². The number of aromatic nitrogens is 4. The lowest BCUT2D eigenvalue weighted by Crippen LogP contribution is -2.28. The van der Waals surface area contributed by atoms with Crippen molar-refractivity contribution in [2.24, 2.45) is 0 Å². The smallest absolute Gasteiger partial charge is 0.263 e. The van der Waals surface area contributed by atoms with Gasteiger partial charge in [0.2, 0.25) is 5.91 Å². The molecule has 0 fully saturated rings. The van der Waals surface area contributed by atoms with Gasteiger partial charge in [0, 0.05) is 36.8 Å². The van der Waals surface area contributed by atoms with Crippen LogP contribution in [-0.4, -0.2) is 38.8 Å². The third-order valence-electron chi connectivity index (χ3n) is 5.70. The number of benzene rings is 1. The van der Waals surface area contributed by atoms with Crippen LogP contribution in [0.3, 0.4) is 0 Å². The van der Waals surface area contributed by atoms with Crippen molar-refractivity contribution in [1.29, 1.82) is 0 Å². The minimum Gasteiger partial charge on any atom is -0.359 e. The Morgan fingerprint density at radius 2 is 1.94 bits per heavy atom. The van der Waals surface area contributed by atoms with E-state index in [1.54, 1.807) is 25.6 Å². The Hall–Kier alpha value is -3.59. The Morgan fingerprint density at radius 3 is 2.74 bits per heavy atom. The maximum atomic E-state index is 12.8. The molecule has 0 aliphatic carbocycles. The molecule has 176 valence electrons. The number of pyridine rings is 1. The predicted octanol–water partition coefficient (Wildman–Crippen LogP) is 4.56. The van der Waals surface area contributed by atoms with E-state index in [0.717, 1.165) is 46.3 Å². The van der Waals surface area contributed by atoms with E-state index in [1.165, 1.54) is 11.3 Å². The summed E-state index contributed by atoms with van der Waals surface area (Å²) in [4.78, 5) is 41.3. The fraction of sp³-hybridized carbons (Fsp3) is 0.320. The SMILES string of the molecule is CNC(=O)CCCCC[C@H](NC(=O)c1cnc(C)s1)c1ncc(-c2ccc3ccncc3c2)[nH]1. The van der Waals surface area contributed by atoms with E-state index >= 15 is 0 Å². The number of H-pyrrole nitrogens is 1. The fourth-order valence-corrected chi connectivity index (χ4v) is 4.50. The van der Waals surface area contributed by atoms with Crippen molar-refractivity contribution in [2.75, 3.05) is 7.05 Å². The molecule has 9 heteroatoms. The summed E-state index contributed by atoms with van der Waals surface area (Å²) >= 11 is 1.37. The highest BCUT2D eigenvalue weighted by molar-refractivity contribution is 7.13. The van der Waals surface area contributed by atoms with Gasteiger partial charge in [0.15, 0.2) is 0 Å². The number of hydrogen-bond donors (Lipinski definition) is 3. The largest absolute Gasteiger partial charge is 0.359 e. The monoisotopic (exact) mass is 476 g/mol. The number of imidazole rings is 1. The maximum absolute atomic E-state index is 12.8. The number of fused-ring (bicyclic) bond motifs is 1. The molecule has 0 bridgehead atoms. The molecule has 3 N–H and O–H groups in total. The zero-order valence-electron chi connectivity index (χ0n) is 19.3. The lowest BCUT2D eigenvalue weighted by Gasteiger charge is -2.16. The molecule has 0 unspecified atom stereocenters. The molecule has 0 aliphatic rings. The van der Waals surface area contributed by atoms with E-state index in [9.17, 15) is 9.59 Å². The minimum atomic E-state index is -0.272. The molecule has 1 aromatic carbocycles. The van der Waals surface area contributed by atoms with Gasteiger partial charge >= 0.3 is 0 Å². The second-order valence-electron chi connectivity index (χ2n) is 8.16. The first-order valence-corrected chi connectivity index (χ1v) is 12.2. The van der Waals surface area contributed by atoms with E-state index in [0.29, 0.717) is 23.5 Å². The summed E-state index contributed by atoms with van der Waals surface area (Å²) in [6.07, 6.45) is 10.8. The van der Waals surface area contributed by atoms with Crippen molar-refractivity contribution in [2.45, 2.75) is 45.1 Å². The van der Waals surface area contributed by atoms with Crippen LogP contribution in [0, 0.1) is 6.92 Å². The first kappa shape index (κ1) is 23.6. The quantitative estimate of drug-likeness (QED) is 0.291. The number of hydrogen-bond acceptors (Lipinski definition) is 6. The third kappa shape index (κ3) is 5.85. The van der Waals surface area contributed by atoms with Crippen molar-refractivity contribution in [1.82, 2.24) is 30.6 Å². The second-order valence-corrected chi connectivity index (χ2v) is 9.40. The number of rotatable bonds is 10. The molecule has 2 amide bonds. The maximum Gasteiger partial charge on any atom is 0.263 e. The number of amides is 2. The standard InChI is InChI=1S/C25H28N6O2S/c1-16-28-15-22(34-16)25(33)31-20(6-4-3-5-7-23(32)26-2)24-29-14-21(30-24)18-9-8-17-10-11-27-13-19(17)12-18/h8-15,20H,3-7H2,1-2H3,(H,26,32)(H,29,30)(H,31,33)/t20-/m0/s1. The average Bonchev–Trinajstić information content (AvgIpc) is 3.52. The van der Waals surface area contributed by atoms with Crippen molar-refractivity contribution >= 4 is 33.9 Å². The lowest BCUT2D eigenvalue weighted by atomic mass is 10.1. The zero-order chi connectivity index (χ0) is 23.9. The molecule has 0 aliphatic heterocycles. The van der Waals surface area contributed by atoms with Gasteiger partial charge in [0.1, 0.15) is 10.7 Å². The highest BCUT2D eigenvalue weighted by Crippen LogP contribution is 2.26. The summed E-state index contributed by atoms with van der Waals surface area (Å²) in [6.45, 7) is 1.88. The lowest BCUT2D eigenvalue weighted by molar-refractivity contribution is -0.120. The van der Waals surface area contributed by atoms with Crippen molar-refractivity contribution in [3.8, 4) is 11.3 Å². The molecule has 4 rings (SSSR count). The van der Waals surface area contributed by atoms with Crippen LogP contribution in [0.25, 0.3) is 22.0 Å². The Bertz CT molecular complexity index is 1280. The van der Waals surface area contributed by atoms with Crippen LogP contribution < -0.4 is 10.6 Å². The predicted molar refractivity (Wildman–Crippen MR) is 134 cm³/mol. The number of nitrogens with one attached hydrogen (secondary N) is 3.